The monoisotopic (exact) mass is 171 g/mol. The number of fused-ring (bicyclic) bond motifs is 1. The van der Waals surface area contributed by atoms with Gasteiger partial charge in [-0.25, -0.2) is 9.13 Å². The zero-order chi connectivity index (χ0) is 7.84. The third kappa shape index (κ3) is 1.16. The highest BCUT2D eigenvalue weighted by Gasteiger charge is 2.24. The van der Waals surface area contributed by atoms with E-state index in [4.69, 9.17) is 0 Å². The van der Waals surface area contributed by atoms with Gasteiger partial charge >= 0.3 is 5.16 Å². The van der Waals surface area contributed by atoms with Crippen LogP contribution in [0.2, 0.25) is 0 Å². The molecule has 60 valence electrons. The van der Waals surface area contributed by atoms with Crippen LogP contribution in [-0.4, -0.2) is 21.5 Å². The van der Waals surface area contributed by atoms with Gasteiger partial charge in [-0.3, -0.25) is 0 Å². The fourth-order valence-corrected chi connectivity index (χ4v) is 2.30. The molecule has 1 aliphatic rings. The Morgan fingerprint density at radius 3 is 3.45 bits per heavy atom. The van der Waals surface area contributed by atoms with Crippen molar-refractivity contribution in [2.75, 3.05) is 5.75 Å². The molecular weight excluding hydrogens is 160 g/mol. The maximum atomic E-state index is 9.31. The summed E-state index contributed by atoms with van der Waals surface area (Å²) in [5.74, 6) is 0.817. The van der Waals surface area contributed by atoms with Gasteiger partial charge < -0.3 is 5.11 Å². The summed E-state index contributed by atoms with van der Waals surface area (Å²) in [6.07, 6.45) is 3.84. The first kappa shape index (κ1) is 7.18. The molecule has 0 aromatic carbocycles. The van der Waals surface area contributed by atoms with Gasteiger partial charge in [0.15, 0.2) is 0 Å². The molecule has 0 saturated heterocycles. The van der Waals surface area contributed by atoms with E-state index in [2.05, 4.69) is 9.13 Å². The van der Waals surface area contributed by atoms with Crippen LogP contribution in [0.25, 0.3) is 0 Å². The molecule has 0 aliphatic carbocycles. The van der Waals surface area contributed by atoms with E-state index in [1.807, 2.05) is 19.4 Å². The first-order valence-electron chi connectivity index (χ1n) is 3.63. The Morgan fingerprint density at radius 1 is 1.82 bits per heavy atom. The molecule has 2 rings (SSSR count). The minimum atomic E-state index is -0.181. The van der Waals surface area contributed by atoms with E-state index in [9.17, 15) is 5.11 Å². The van der Waals surface area contributed by atoms with Crippen LogP contribution in [-0.2, 0) is 13.6 Å². The zero-order valence-corrected chi connectivity index (χ0v) is 7.21. The maximum Gasteiger partial charge on any atom is 0.317 e. The first-order valence-corrected chi connectivity index (χ1v) is 4.61. The number of aliphatic hydroxyl groups is 1. The van der Waals surface area contributed by atoms with E-state index in [1.54, 1.807) is 11.8 Å². The number of hydrogen-bond acceptors (Lipinski definition) is 2. The highest BCUT2D eigenvalue weighted by atomic mass is 32.2. The Morgan fingerprint density at radius 2 is 2.64 bits per heavy atom. The summed E-state index contributed by atoms with van der Waals surface area (Å²) < 4.78 is 4.16. The van der Waals surface area contributed by atoms with Gasteiger partial charge in [-0.2, -0.15) is 0 Å². The topological polar surface area (TPSA) is 29.0 Å². The van der Waals surface area contributed by atoms with Gasteiger partial charge in [-0.1, -0.05) is 0 Å². The highest BCUT2D eigenvalue weighted by molar-refractivity contribution is 7.99. The van der Waals surface area contributed by atoms with Crippen molar-refractivity contribution in [2.45, 2.75) is 17.8 Å². The fraction of sp³-hybridized carbons (Fsp3) is 0.571. The molecule has 0 spiro atoms. The Hall–Kier alpha value is -0.480. The van der Waals surface area contributed by atoms with Crippen LogP contribution in [0.1, 0.15) is 0 Å². The number of aliphatic hydroxyl groups excluding tert-OH is 1. The smallest absolute Gasteiger partial charge is 0.317 e. The molecule has 0 radical (unpaired) electrons. The lowest BCUT2D eigenvalue weighted by Gasteiger charge is -2.13. The predicted molar refractivity (Wildman–Crippen MR) is 42.3 cm³/mol. The Bertz CT molecular complexity index is 271. The van der Waals surface area contributed by atoms with Crippen LogP contribution in [0.4, 0.5) is 0 Å². The Labute approximate surface area is 69.7 Å². The van der Waals surface area contributed by atoms with E-state index >= 15 is 0 Å². The van der Waals surface area contributed by atoms with E-state index in [-0.39, 0.29) is 6.10 Å². The quantitative estimate of drug-likeness (QED) is 0.547. The molecule has 2 heterocycles. The zero-order valence-electron chi connectivity index (χ0n) is 6.40. The number of rotatable bonds is 0. The summed E-state index contributed by atoms with van der Waals surface area (Å²) in [5, 5.41) is 10.5. The van der Waals surface area contributed by atoms with Crippen LogP contribution in [0, 0.1) is 0 Å². The van der Waals surface area contributed by atoms with E-state index in [0.717, 1.165) is 12.3 Å². The molecule has 11 heavy (non-hydrogen) atoms. The molecule has 0 saturated carbocycles. The van der Waals surface area contributed by atoms with Crippen LogP contribution in [0.5, 0.6) is 0 Å². The summed E-state index contributed by atoms with van der Waals surface area (Å²) in [4.78, 5) is 0. The molecule has 1 N–H and O–H groups in total. The second kappa shape index (κ2) is 2.53. The molecule has 1 aromatic heterocycles. The largest absolute Gasteiger partial charge is 0.388 e. The van der Waals surface area contributed by atoms with Gasteiger partial charge in [0.05, 0.1) is 7.05 Å². The minimum Gasteiger partial charge on any atom is -0.388 e. The molecule has 1 aromatic rings. The van der Waals surface area contributed by atoms with Crippen molar-refractivity contribution in [3.8, 4) is 0 Å². The van der Waals surface area contributed by atoms with Crippen molar-refractivity contribution in [3.63, 3.8) is 0 Å². The fourth-order valence-electron chi connectivity index (χ4n) is 1.28. The average Bonchev–Trinajstić information content (AvgIpc) is 2.32. The molecule has 1 aliphatic heterocycles. The van der Waals surface area contributed by atoms with Crippen molar-refractivity contribution in [3.05, 3.63) is 12.4 Å². The van der Waals surface area contributed by atoms with Crippen LogP contribution >= 0.6 is 11.8 Å². The third-order valence-electron chi connectivity index (χ3n) is 1.83. The van der Waals surface area contributed by atoms with Crippen molar-refractivity contribution in [1.29, 1.82) is 0 Å². The lowest BCUT2D eigenvalue weighted by molar-refractivity contribution is -0.709. The Balaban J connectivity index is 2.36. The van der Waals surface area contributed by atoms with Crippen molar-refractivity contribution in [1.82, 2.24) is 4.57 Å². The van der Waals surface area contributed by atoms with Gasteiger partial charge in [0.2, 0.25) is 0 Å². The van der Waals surface area contributed by atoms with Crippen LogP contribution < -0.4 is 4.57 Å². The maximum absolute atomic E-state index is 9.31. The van der Waals surface area contributed by atoms with E-state index < -0.39 is 0 Å². The van der Waals surface area contributed by atoms with Gasteiger partial charge in [-0.15, -0.1) is 0 Å². The molecule has 3 nitrogen and oxygen atoms in total. The number of hydrogen-bond donors (Lipinski definition) is 1. The second-order valence-electron chi connectivity index (χ2n) is 2.81. The number of thioether (sulfide) groups is 1. The average molecular weight is 171 g/mol. The van der Waals surface area contributed by atoms with Crippen LogP contribution in [0.15, 0.2) is 17.6 Å². The summed E-state index contributed by atoms with van der Waals surface area (Å²) in [5.41, 5.74) is 0. The molecule has 4 heteroatoms. The van der Waals surface area contributed by atoms with Gasteiger partial charge in [-0.05, 0) is 11.8 Å². The molecule has 1 atom stereocenters. The van der Waals surface area contributed by atoms with Gasteiger partial charge in [0.1, 0.15) is 25.0 Å². The van der Waals surface area contributed by atoms with Gasteiger partial charge in [0, 0.05) is 5.75 Å². The standard InChI is InChI=1S/C7H11N2OS/c1-8-2-3-9-4-6(10)5-11-7(8)9/h2-3,6,10H,4-5H2,1H3/q+1/t6-/m0/s1. The number of nitrogens with zero attached hydrogens (tertiary/aromatic N) is 2. The normalized spacial score (nSPS) is 23.3. The summed E-state index contributed by atoms with van der Waals surface area (Å²) in [6, 6.07) is 0. The van der Waals surface area contributed by atoms with Crippen LogP contribution in [0.3, 0.4) is 0 Å². The second-order valence-corrected chi connectivity index (χ2v) is 3.80. The summed E-state index contributed by atoms with van der Waals surface area (Å²) in [7, 11) is 2.02. The molecular formula is C7H11N2OS+. The summed E-state index contributed by atoms with van der Waals surface area (Å²) >= 11 is 1.71. The Kier molecular flexibility index (Phi) is 1.65. The minimum absolute atomic E-state index is 0.181. The molecule has 0 bridgehead atoms. The predicted octanol–water partition coefficient (Wildman–Crippen LogP) is -0.221. The SMILES string of the molecule is C[n+]1ccn2c1SC[C@@H](O)C2. The third-order valence-corrected chi connectivity index (χ3v) is 3.16. The van der Waals surface area contributed by atoms with E-state index in [1.165, 1.54) is 5.16 Å². The van der Waals surface area contributed by atoms with Gasteiger partial charge in [0.25, 0.3) is 0 Å². The van der Waals surface area contributed by atoms with E-state index in [0.29, 0.717) is 0 Å². The summed E-state index contributed by atoms with van der Waals surface area (Å²) in [6.45, 7) is 0.739. The lowest BCUT2D eigenvalue weighted by Crippen LogP contribution is -2.33. The lowest BCUT2D eigenvalue weighted by atomic mass is 10.4. The van der Waals surface area contributed by atoms with Crippen molar-refractivity contribution < 1.29 is 9.67 Å². The molecule has 0 unspecified atom stereocenters. The number of imidazole rings is 1. The van der Waals surface area contributed by atoms with Crippen molar-refractivity contribution >= 4 is 11.8 Å². The van der Waals surface area contributed by atoms with Crippen molar-refractivity contribution in [2.24, 2.45) is 7.05 Å². The molecule has 0 fully saturated rings. The number of aryl methyl sites for hydroxylation is 1. The molecule has 0 amide bonds. The first-order chi connectivity index (χ1) is 5.27. The number of aromatic nitrogens is 2. The highest BCUT2D eigenvalue weighted by Crippen LogP contribution is 2.20.